The van der Waals surface area contributed by atoms with E-state index in [9.17, 15) is 14.7 Å². The predicted molar refractivity (Wildman–Crippen MR) is 139 cm³/mol. The molecule has 1 aromatic carbocycles. The van der Waals surface area contributed by atoms with E-state index in [4.69, 9.17) is 9.72 Å². The quantitative estimate of drug-likeness (QED) is 0.320. The molecule has 0 amide bonds. The van der Waals surface area contributed by atoms with E-state index in [1.165, 1.54) is 36.7 Å². The van der Waals surface area contributed by atoms with Gasteiger partial charge in [-0.2, -0.15) is 0 Å². The van der Waals surface area contributed by atoms with E-state index in [1.807, 2.05) is 30.3 Å². The Kier molecular flexibility index (Phi) is 8.49. The highest BCUT2D eigenvalue weighted by molar-refractivity contribution is 7.20. The Hall–Kier alpha value is -2.81. The number of fused-ring (bicyclic) bond motifs is 1. The van der Waals surface area contributed by atoms with Crippen molar-refractivity contribution in [3.8, 4) is 0 Å². The van der Waals surface area contributed by atoms with Crippen molar-refractivity contribution >= 4 is 27.5 Å². The number of carbonyl (C=O) groups excluding carboxylic acids is 1. The van der Waals surface area contributed by atoms with Gasteiger partial charge >= 0.3 is 5.97 Å². The van der Waals surface area contributed by atoms with E-state index in [-0.39, 0.29) is 12.2 Å². The number of aliphatic hydroxyl groups is 1. The monoisotopic (exact) mass is 495 g/mol. The van der Waals surface area contributed by atoms with Gasteiger partial charge in [0.15, 0.2) is 0 Å². The van der Waals surface area contributed by atoms with Crippen LogP contribution >= 0.6 is 11.3 Å². The number of H-pyrrole nitrogens is 1. The van der Waals surface area contributed by atoms with Gasteiger partial charge in [-0.3, -0.25) is 9.69 Å². The van der Waals surface area contributed by atoms with Crippen molar-refractivity contribution in [2.45, 2.75) is 64.1 Å². The largest absolute Gasteiger partial charge is 0.457 e. The average Bonchev–Trinajstić information content (AvgIpc) is 3.20. The predicted octanol–water partition coefficient (Wildman–Crippen LogP) is 4.37. The number of rotatable bonds is 10. The second-order valence-electron chi connectivity index (χ2n) is 9.20. The number of aryl methyl sites for hydroxylation is 1. The summed E-state index contributed by atoms with van der Waals surface area (Å²) in [5.41, 5.74) is 1.43. The number of hydrogen-bond acceptors (Lipinski definition) is 7. The fraction of sp³-hybridized carbons (Fsp3) is 0.444. The Morgan fingerprint density at radius 1 is 1.31 bits per heavy atom. The summed E-state index contributed by atoms with van der Waals surface area (Å²) < 4.78 is 5.17. The van der Waals surface area contributed by atoms with Crippen LogP contribution in [-0.4, -0.2) is 51.2 Å². The normalized spacial score (nSPS) is 15.4. The van der Waals surface area contributed by atoms with Crippen LogP contribution in [0.3, 0.4) is 0 Å². The van der Waals surface area contributed by atoms with E-state index in [0.29, 0.717) is 52.0 Å². The molecule has 1 unspecified atom stereocenters. The van der Waals surface area contributed by atoms with Gasteiger partial charge in [-0.05, 0) is 37.3 Å². The van der Waals surface area contributed by atoms with Crippen LogP contribution in [0, 0.1) is 6.92 Å². The van der Waals surface area contributed by atoms with Crippen LogP contribution in [0.15, 0.2) is 47.8 Å². The summed E-state index contributed by atoms with van der Waals surface area (Å²) in [7, 11) is 0. The Balaban J connectivity index is 1.57. The SMILES string of the molecule is C=CCOC(=O)c1sc2nc(CN(CC(O)Cc3ccccc3)C3CCCCC3)[nH]c(=O)c2c1C. The van der Waals surface area contributed by atoms with Crippen molar-refractivity contribution in [1.29, 1.82) is 0 Å². The van der Waals surface area contributed by atoms with Gasteiger partial charge in [0.25, 0.3) is 5.56 Å². The number of nitrogens with zero attached hydrogens (tertiary/aromatic N) is 2. The molecule has 1 atom stereocenters. The van der Waals surface area contributed by atoms with Crippen LogP contribution in [-0.2, 0) is 17.7 Å². The number of aromatic nitrogens is 2. The number of esters is 1. The Morgan fingerprint density at radius 2 is 2.06 bits per heavy atom. The second-order valence-corrected chi connectivity index (χ2v) is 10.2. The first-order chi connectivity index (χ1) is 17.0. The number of thiophene rings is 1. The van der Waals surface area contributed by atoms with Gasteiger partial charge < -0.3 is 14.8 Å². The summed E-state index contributed by atoms with van der Waals surface area (Å²) in [6.45, 7) is 6.37. The fourth-order valence-corrected chi connectivity index (χ4v) is 5.96. The smallest absolute Gasteiger partial charge is 0.348 e. The molecule has 0 saturated heterocycles. The zero-order valence-corrected chi connectivity index (χ0v) is 21.0. The maximum Gasteiger partial charge on any atom is 0.348 e. The summed E-state index contributed by atoms with van der Waals surface area (Å²) in [6.07, 6.45) is 7.27. The Bertz CT molecular complexity index is 1210. The van der Waals surface area contributed by atoms with Crippen LogP contribution in [0.25, 0.3) is 10.2 Å². The molecule has 1 saturated carbocycles. The molecule has 2 aromatic heterocycles. The second kappa shape index (κ2) is 11.7. The molecule has 35 heavy (non-hydrogen) atoms. The third-order valence-corrected chi connectivity index (χ3v) is 7.74. The molecule has 3 aromatic rings. The molecule has 2 N–H and O–H groups in total. The molecule has 0 aliphatic heterocycles. The number of benzene rings is 1. The summed E-state index contributed by atoms with van der Waals surface area (Å²) in [5.74, 6) is 0.0754. The maximum atomic E-state index is 13.0. The Morgan fingerprint density at radius 3 is 2.77 bits per heavy atom. The van der Waals surface area contributed by atoms with Crippen LogP contribution in [0.4, 0.5) is 0 Å². The highest BCUT2D eigenvalue weighted by Crippen LogP contribution is 2.29. The van der Waals surface area contributed by atoms with Crippen LogP contribution < -0.4 is 5.56 Å². The van der Waals surface area contributed by atoms with E-state index in [1.54, 1.807) is 6.92 Å². The van der Waals surface area contributed by atoms with Crippen LogP contribution in [0.1, 0.15) is 58.7 Å². The van der Waals surface area contributed by atoms with Gasteiger partial charge in [0.1, 0.15) is 22.1 Å². The lowest BCUT2D eigenvalue weighted by Gasteiger charge is -2.35. The summed E-state index contributed by atoms with van der Waals surface area (Å²) in [6, 6.07) is 10.3. The lowest BCUT2D eigenvalue weighted by molar-refractivity contribution is 0.0554. The van der Waals surface area contributed by atoms with Gasteiger partial charge in [-0.1, -0.05) is 62.2 Å². The van der Waals surface area contributed by atoms with Crippen molar-refractivity contribution in [2.24, 2.45) is 0 Å². The number of hydrogen-bond donors (Lipinski definition) is 2. The minimum Gasteiger partial charge on any atom is -0.457 e. The summed E-state index contributed by atoms with van der Waals surface area (Å²) in [4.78, 5) is 36.2. The standard InChI is InChI=1S/C27H33N3O4S/c1-3-14-34-27(33)24-18(2)23-25(32)28-22(29-26(23)35-24)17-30(20-12-8-5-9-13-20)16-21(31)15-19-10-6-4-7-11-19/h3-4,6-7,10-11,20-21,31H,1,5,8-9,12-17H2,2H3,(H,28,29,32). The highest BCUT2D eigenvalue weighted by atomic mass is 32.1. The fourth-order valence-electron chi connectivity index (χ4n) is 4.86. The zero-order valence-electron chi connectivity index (χ0n) is 20.2. The minimum atomic E-state index is -0.523. The molecule has 0 radical (unpaired) electrons. The zero-order chi connectivity index (χ0) is 24.8. The summed E-state index contributed by atoms with van der Waals surface area (Å²) in [5, 5.41) is 11.3. The molecule has 1 aliphatic carbocycles. The molecule has 1 fully saturated rings. The van der Waals surface area contributed by atoms with Crippen molar-refractivity contribution in [1.82, 2.24) is 14.9 Å². The molecule has 2 heterocycles. The number of nitrogens with one attached hydrogen (secondary N) is 1. The molecule has 7 nitrogen and oxygen atoms in total. The third kappa shape index (κ3) is 6.25. The molecular formula is C27H33N3O4S. The Labute approximate surface area is 209 Å². The van der Waals surface area contributed by atoms with Gasteiger partial charge in [0.2, 0.25) is 0 Å². The van der Waals surface area contributed by atoms with E-state index >= 15 is 0 Å². The molecule has 0 bridgehead atoms. The lowest BCUT2D eigenvalue weighted by Crippen LogP contribution is -2.42. The molecular weight excluding hydrogens is 462 g/mol. The van der Waals surface area contributed by atoms with Gasteiger partial charge in [-0.25, -0.2) is 9.78 Å². The first-order valence-electron chi connectivity index (χ1n) is 12.2. The maximum absolute atomic E-state index is 13.0. The lowest BCUT2D eigenvalue weighted by atomic mass is 9.93. The average molecular weight is 496 g/mol. The van der Waals surface area contributed by atoms with Crippen molar-refractivity contribution in [3.63, 3.8) is 0 Å². The number of aliphatic hydroxyl groups excluding tert-OH is 1. The number of carbonyl (C=O) groups is 1. The van der Waals surface area contributed by atoms with Gasteiger partial charge in [0.05, 0.1) is 18.0 Å². The van der Waals surface area contributed by atoms with Crippen LogP contribution in [0.5, 0.6) is 0 Å². The van der Waals surface area contributed by atoms with E-state index < -0.39 is 12.1 Å². The van der Waals surface area contributed by atoms with Gasteiger partial charge in [-0.15, -0.1) is 11.3 Å². The van der Waals surface area contributed by atoms with Gasteiger partial charge in [0, 0.05) is 12.6 Å². The van der Waals surface area contributed by atoms with E-state index in [0.717, 1.165) is 18.4 Å². The first-order valence-corrected chi connectivity index (χ1v) is 13.0. The molecule has 8 heteroatoms. The molecule has 1 aliphatic rings. The van der Waals surface area contributed by atoms with E-state index in [2.05, 4.69) is 16.5 Å². The molecule has 4 rings (SSSR count). The summed E-state index contributed by atoms with van der Waals surface area (Å²) >= 11 is 1.18. The van der Waals surface area contributed by atoms with Crippen LogP contribution in [0.2, 0.25) is 0 Å². The number of ether oxygens (including phenoxy) is 1. The van der Waals surface area contributed by atoms with Crippen molar-refractivity contribution in [3.05, 3.63) is 75.2 Å². The highest BCUT2D eigenvalue weighted by Gasteiger charge is 2.26. The van der Waals surface area contributed by atoms with Crippen molar-refractivity contribution < 1.29 is 14.6 Å². The number of aromatic amines is 1. The first kappa shape index (κ1) is 25.3. The third-order valence-electron chi connectivity index (χ3n) is 6.57. The molecule has 0 spiro atoms. The minimum absolute atomic E-state index is 0.114. The molecule has 186 valence electrons. The van der Waals surface area contributed by atoms with Crippen molar-refractivity contribution in [2.75, 3.05) is 13.2 Å². The topological polar surface area (TPSA) is 95.5 Å².